The van der Waals surface area contributed by atoms with Gasteiger partial charge in [0.25, 0.3) is 5.91 Å². The minimum Gasteiger partial charge on any atom is -0.466 e. The Morgan fingerprint density at radius 1 is 1.32 bits per heavy atom. The van der Waals surface area contributed by atoms with Crippen LogP contribution in [-0.2, 0) is 5.60 Å². The molecular weight excluding hydrogens is 246 g/mol. The molecule has 1 amide bonds. The van der Waals surface area contributed by atoms with Crippen LogP contribution in [0.3, 0.4) is 0 Å². The third-order valence-corrected chi connectivity index (χ3v) is 3.46. The third kappa shape index (κ3) is 2.29. The number of furan rings is 2. The van der Waals surface area contributed by atoms with Crippen molar-refractivity contribution in [3.05, 3.63) is 48.3 Å². The molecule has 0 saturated heterocycles. The van der Waals surface area contributed by atoms with Gasteiger partial charge in [-0.2, -0.15) is 0 Å². The van der Waals surface area contributed by atoms with Crippen molar-refractivity contribution in [3.63, 3.8) is 0 Å². The van der Waals surface area contributed by atoms with E-state index in [1.165, 1.54) is 12.5 Å². The molecule has 0 radical (unpaired) electrons. The van der Waals surface area contributed by atoms with Crippen LogP contribution in [0.4, 0.5) is 0 Å². The van der Waals surface area contributed by atoms with E-state index in [-0.39, 0.29) is 24.1 Å². The van der Waals surface area contributed by atoms with Gasteiger partial charge in [0.15, 0.2) is 5.76 Å². The molecule has 1 saturated carbocycles. The number of carbonyl (C=O) groups excluding carboxylic acids is 1. The van der Waals surface area contributed by atoms with E-state index in [2.05, 4.69) is 5.32 Å². The summed E-state index contributed by atoms with van der Waals surface area (Å²) in [5, 5.41) is 13.4. The molecule has 2 N–H and O–H groups in total. The van der Waals surface area contributed by atoms with E-state index < -0.39 is 5.60 Å². The molecular formula is C14H15NO4. The fourth-order valence-corrected chi connectivity index (χ4v) is 2.23. The summed E-state index contributed by atoms with van der Waals surface area (Å²) in [4.78, 5) is 11.8. The second-order valence-corrected chi connectivity index (χ2v) is 4.84. The van der Waals surface area contributed by atoms with Crippen LogP contribution >= 0.6 is 0 Å². The summed E-state index contributed by atoms with van der Waals surface area (Å²) in [5.41, 5.74) is -1.13. The van der Waals surface area contributed by atoms with Crippen molar-refractivity contribution in [1.29, 1.82) is 0 Å². The Bertz CT molecular complexity index is 542. The molecule has 1 aliphatic carbocycles. The highest BCUT2D eigenvalue weighted by Gasteiger charge is 2.47. The summed E-state index contributed by atoms with van der Waals surface area (Å²) in [7, 11) is 0. The van der Waals surface area contributed by atoms with Gasteiger partial charge >= 0.3 is 0 Å². The van der Waals surface area contributed by atoms with Gasteiger partial charge in [0, 0.05) is 0 Å². The third-order valence-electron chi connectivity index (χ3n) is 3.46. The Morgan fingerprint density at radius 2 is 2.05 bits per heavy atom. The van der Waals surface area contributed by atoms with Gasteiger partial charge in [-0.05, 0) is 43.0 Å². The zero-order chi connectivity index (χ0) is 13.3. The molecule has 100 valence electrons. The molecule has 0 aromatic carbocycles. The van der Waals surface area contributed by atoms with E-state index in [0.29, 0.717) is 5.76 Å². The predicted molar refractivity (Wildman–Crippen MR) is 66.4 cm³/mol. The van der Waals surface area contributed by atoms with E-state index in [1.807, 2.05) is 0 Å². The second-order valence-electron chi connectivity index (χ2n) is 4.84. The standard InChI is InChI=1S/C14H15NO4/c16-13(11-3-1-7-18-11)15-9-14(17,10-5-6-10)12-4-2-8-19-12/h1-4,7-8,10,17H,5-6,9H2,(H,15,16)/t14-/m1/s1. The predicted octanol–water partition coefficient (Wildman–Crippen LogP) is 1.90. The van der Waals surface area contributed by atoms with E-state index in [4.69, 9.17) is 8.83 Å². The summed E-state index contributed by atoms with van der Waals surface area (Å²) < 4.78 is 10.3. The maximum atomic E-state index is 11.8. The molecule has 0 bridgehead atoms. The molecule has 5 heteroatoms. The molecule has 19 heavy (non-hydrogen) atoms. The Morgan fingerprint density at radius 3 is 2.63 bits per heavy atom. The van der Waals surface area contributed by atoms with Crippen LogP contribution in [0.2, 0.25) is 0 Å². The lowest BCUT2D eigenvalue weighted by Crippen LogP contribution is -2.42. The van der Waals surface area contributed by atoms with E-state index in [0.717, 1.165) is 12.8 Å². The Hall–Kier alpha value is -2.01. The maximum absolute atomic E-state index is 11.8. The average molecular weight is 261 g/mol. The van der Waals surface area contributed by atoms with Crippen molar-refractivity contribution in [1.82, 2.24) is 5.32 Å². The van der Waals surface area contributed by atoms with Crippen LogP contribution in [0.1, 0.15) is 29.2 Å². The van der Waals surface area contributed by atoms with Gasteiger partial charge in [-0.1, -0.05) is 0 Å². The van der Waals surface area contributed by atoms with Crippen LogP contribution in [-0.4, -0.2) is 17.6 Å². The van der Waals surface area contributed by atoms with Crippen molar-refractivity contribution in [2.45, 2.75) is 18.4 Å². The first-order valence-electron chi connectivity index (χ1n) is 6.28. The first kappa shape index (κ1) is 12.0. The van der Waals surface area contributed by atoms with E-state index in [1.54, 1.807) is 24.3 Å². The number of carbonyl (C=O) groups is 1. The Kier molecular flexibility index (Phi) is 2.91. The quantitative estimate of drug-likeness (QED) is 0.862. The number of aliphatic hydroxyl groups is 1. The van der Waals surface area contributed by atoms with Crippen LogP contribution in [0, 0.1) is 5.92 Å². The molecule has 1 atom stereocenters. The van der Waals surface area contributed by atoms with Crippen molar-refractivity contribution >= 4 is 5.91 Å². The highest BCUT2D eigenvalue weighted by atomic mass is 16.4. The van der Waals surface area contributed by atoms with Crippen molar-refractivity contribution in [3.8, 4) is 0 Å². The van der Waals surface area contributed by atoms with Crippen LogP contribution in [0.25, 0.3) is 0 Å². The normalized spacial score (nSPS) is 17.9. The number of nitrogens with one attached hydrogen (secondary N) is 1. The molecule has 1 aliphatic rings. The molecule has 5 nitrogen and oxygen atoms in total. The lowest BCUT2D eigenvalue weighted by Gasteiger charge is -2.26. The van der Waals surface area contributed by atoms with Crippen molar-refractivity contribution in [2.75, 3.05) is 6.54 Å². The smallest absolute Gasteiger partial charge is 0.287 e. The highest BCUT2D eigenvalue weighted by Crippen LogP contribution is 2.45. The fraction of sp³-hybridized carbons (Fsp3) is 0.357. The average Bonchev–Trinajstić information content (AvgIpc) is 2.95. The summed E-state index contributed by atoms with van der Waals surface area (Å²) in [6, 6.07) is 6.70. The van der Waals surface area contributed by atoms with Gasteiger partial charge in [0.05, 0.1) is 19.1 Å². The Labute approximate surface area is 110 Å². The minimum atomic E-state index is -1.13. The van der Waals surface area contributed by atoms with Crippen LogP contribution in [0.15, 0.2) is 45.6 Å². The molecule has 3 rings (SSSR count). The van der Waals surface area contributed by atoms with Crippen LogP contribution < -0.4 is 5.32 Å². The van der Waals surface area contributed by atoms with Gasteiger partial charge in [0.2, 0.25) is 0 Å². The molecule has 0 unspecified atom stereocenters. The lowest BCUT2D eigenvalue weighted by molar-refractivity contribution is -0.00631. The molecule has 1 fully saturated rings. The van der Waals surface area contributed by atoms with Gasteiger partial charge in [-0.15, -0.1) is 0 Å². The van der Waals surface area contributed by atoms with Crippen LogP contribution in [0.5, 0.6) is 0 Å². The largest absolute Gasteiger partial charge is 0.466 e. The minimum absolute atomic E-state index is 0.116. The molecule has 2 heterocycles. The summed E-state index contributed by atoms with van der Waals surface area (Å²) in [6.45, 7) is 0.116. The molecule has 2 aromatic heterocycles. The first-order valence-corrected chi connectivity index (χ1v) is 6.28. The number of hydrogen-bond acceptors (Lipinski definition) is 4. The highest BCUT2D eigenvalue weighted by molar-refractivity contribution is 5.91. The van der Waals surface area contributed by atoms with Gasteiger partial charge in [-0.25, -0.2) is 0 Å². The zero-order valence-electron chi connectivity index (χ0n) is 10.3. The number of rotatable bonds is 5. The van der Waals surface area contributed by atoms with Gasteiger partial charge in [0.1, 0.15) is 11.4 Å². The summed E-state index contributed by atoms with van der Waals surface area (Å²) in [6.07, 6.45) is 4.84. The van der Waals surface area contributed by atoms with Gasteiger partial charge in [-0.3, -0.25) is 4.79 Å². The molecule has 2 aromatic rings. The van der Waals surface area contributed by atoms with E-state index >= 15 is 0 Å². The Balaban J connectivity index is 1.71. The zero-order valence-corrected chi connectivity index (χ0v) is 10.3. The van der Waals surface area contributed by atoms with Crippen molar-refractivity contribution < 1.29 is 18.7 Å². The first-order chi connectivity index (χ1) is 9.20. The van der Waals surface area contributed by atoms with Gasteiger partial charge < -0.3 is 19.3 Å². The SMILES string of the molecule is O=C(NC[C@](O)(c1ccco1)C1CC1)c1ccco1. The monoisotopic (exact) mass is 261 g/mol. The summed E-state index contributed by atoms with van der Waals surface area (Å²) in [5.74, 6) is 0.526. The maximum Gasteiger partial charge on any atom is 0.287 e. The number of hydrogen-bond donors (Lipinski definition) is 2. The topological polar surface area (TPSA) is 75.6 Å². The second kappa shape index (κ2) is 4.59. The summed E-state index contributed by atoms with van der Waals surface area (Å²) >= 11 is 0. The lowest BCUT2D eigenvalue weighted by atomic mass is 9.94. The molecule has 0 aliphatic heterocycles. The molecule has 0 spiro atoms. The van der Waals surface area contributed by atoms with Crippen molar-refractivity contribution in [2.24, 2.45) is 5.92 Å². The fourth-order valence-electron chi connectivity index (χ4n) is 2.23. The van der Waals surface area contributed by atoms with E-state index in [9.17, 15) is 9.90 Å². The number of amides is 1.